The molecule has 2 aliphatic heterocycles. The number of hydrogen-bond donors (Lipinski definition) is 2. The van der Waals surface area contributed by atoms with Crippen molar-refractivity contribution in [2.24, 2.45) is 0 Å². The van der Waals surface area contributed by atoms with Crippen LogP contribution in [0.2, 0.25) is 0 Å². The summed E-state index contributed by atoms with van der Waals surface area (Å²) in [6.45, 7) is 4.66. The van der Waals surface area contributed by atoms with Crippen LogP contribution in [0.5, 0.6) is 5.75 Å². The maximum atomic E-state index is 13.4. The second kappa shape index (κ2) is 11.4. The van der Waals surface area contributed by atoms with Crippen LogP contribution in [0.25, 0.3) is 10.8 Å². The standard InChI is InChI=1S/C28H35N5O4/c1-18-26(28(34)33-11-8-21(9-12-33)31-24-10-13-37-16-25(24)36-3)29-17-30-27(18)32-22-6-4-20-15-23(35-2)7-5-19(20)14-22/h4-7,14-15,17,21,24-25,31H,8-13,16H2,1-3H3,(H,29,30,32)/t24-,25+/m0/s1. The molecule has 1 amide bonds. The van der Waals surface area contributed by atoms with E-state index < -0.39 is 0 Å². The Bertz CT molecular complexity index is 1240. The molecule has 196 valence electrons. The SMILES string of the molecule is COc1ccc2cc(Nc3ncnc(C(=O)N4CCC(N[C@H]5CCOC[C@H]5OC)CC4)c3C)ccc2c1. The van der Waals surface area contributed by atoms with E-state index >= 15 is 0 Å². The molecular formula is C28H35N5O4. The van der Waals surface area contributed by atoms with Gasteiger partial charge in [-0.1, -0.05) is 12.1 Å². The van der Waals surface area contributed by atoms with Crippen molar-refractivity contribution in [3.05, 3.63) is 54.0 Å². The number of carbonyl (C=O) groups is 1. The number of rotatable bonds is 7. The predicted octanol–water partition coefficient (Wildman–Crippen LogP) is 3.69. The van der Waals surface area contributed by atoms with Crippen molar-refractivity contribution >= 4 is 28.2 Å². The van der Waals surface area contributed by atoms with Gasteiger partial charge < -0.3 is 29.7 Å². The third-order valence-electron chi connectivity index (χ3n) is 7.44. The molecule has 0 unspecified atom stereocenters. The number of amides is 1. The zero-order valence-electron chi connectivity index (χ0n) is 21.7. The van der Waals surface area contributed by atoms with E-state index in [1.807, 2.05) is 42.2 Å². The number of fused-ring (bicyclic) bond motifs is 1. The van der Waals surface area contributed by atoms with E-state index in [4.69, 9.17) is 14.2 Å². The van der Waals surface area contributed by atoms with Crippen LogP contribution in [0.1, 0.15) is 35.3 Å². The maximum Gasteiger partial charge on any atom is 0.272 e. The smallest absolute Gasteiger partial charge is 0.272 e. The number of piperidine rings is 1. The van der Waals surface area contributed by atoms with Crippen molar-refractivity contribution in [3.8, 4) is 5.75 Å². The molecule has 2 aliphatic rings. The van der Waals surface area contributed by atoms with Crippen molar-refractivity contribution in [1.82, 2.24) is 20.2 Å². The molecule has 0 bridgehead atoms. The normalized spacial score (nSPS) is 20.7. The van der Waals surface area contributed by atoms with Gasteiger partial charge in [0.15, 0.2) is 0 Å². The Labute approximate surface area is 217 Å². The zero-order chi connectivity index (χ0) is 25.8. The van der Waals surface area contributed by atoms with E-state index in [1.165, 1.54) is 6.33 Å². The Hall–Kier alpha value is -3.27. The third-order valence-corrected chi connectivity index (χ3v) is 7.44. The van der Waals surface area contributed by atoms with Crippen molar-refractivity contribution in [2.45, 2.75) is 44.4 Å². The first-order chi connectivity index (χ1) is 18.1. The first-order valence-electron chi connectivity index (χ1n) is 12.9. The van der Waals surface area contributed by atoms with Gasteiger partial charge in [0.1, 0.15) is 23.6 Å². The Kier molecular flexibility index (Phi) is 7.83. The van der Waals surface area contributed by atoms with Crippen LogP contribution < -0.4 is 15.4 Å². The minimum absolute atomic E-state index is 0.0483. The summed E-state index contributed by atoms with van der Waals surface area (Å²) in [4.78, 5) is 24.1. The van der Waals surface area contributed by atoms with Gasteiger partial charge in [0.2, 0.25) is 0 Å². The maximum absolute atomic E-state index is 13.4. The minimum Gasteiger partial charge on any atom is -0.497 e. The fourth-order valence-electron chi connectivity index (χ4n) is 5.19. The first-order valence-corrected chi connectivity index (χ1v) is 12.9. The van der Waals surface area contributed by atoms with Gasteiger partial charge >= 0.3 is 0 Å². The van der Waals surface area contributed by atoms with Gasteiger partial charge in [-0.25, -0.2) is 9.97 Å². The molecule has 2 atom stereocenters. The number of aromatic nitrogens is 2. The van der Waals surface area contributed by atoms with Crippen LogP contribution in [0.3, 0.4) is 0 Å². The second-order valence-electron chi connectivity index (χ2n) is 9.73. The Morgan fingerprint density at radius 3 is 2.62 bits per heavy atom. The van der Waals surface area contributed by atoms with Gasteiger partial charge in [-0.15, -0.1) is 0 Å². The molecule has 3 heterocycles. The molecule has 2 N–H and O–H groups in total. The highest BCUT2D eigenvalue weighted by molar-refractivity contribution is 5.95. The van der Waals surface area contributed by atoms with Crippen LogP contribution in [-0.4, -0.2) is 79.5 Å². The Balaban J connectivity index is 1.23. The van der Waals surface area contributed by atoms with Crippen LogP contribution >= 0.6 is 0 Å². The molecule has 37 heavy (non-hydrogen) atoms. The third kappa shape index (κ3) is 5.69. The highest BCUT2D eigenvalue weighted by Gasteiger charge is 2.31. The summed E-state index contributed by atoms with van der Waals surface area (Å²) in [7, 11) is 3.40. The molecule has 0 radical (unpaired) electrons. The van der Waals surface area contributed by atoms with Crippen LogP contribution in [-0.2, 0) is 9.47 Å². The number of carbonyl (C=O) groups excluding carboxylic acids is 1. The number of nitrogens with zero attached hydrogens (tertiary/aromatic N) is 3. The summed E-state index contributed by atoms with van der Waals surface area (Å²) in [5.41, 5.74) is 2.08. The summed E-state index contributed by atoms with van der Waals surface area (Å²) >= 11 is 0. The van der Waals surface area contributed by atoms with Crippen molar-refractivity contribution in [1.29, 1.82) is 0 Å². The quantitative estimate of drug-likeness (QED) is 0.502. The van der Waals surface area contributed by atoms with E-state index in [0.717, 1.165) is 53.6 Å². The number of nitrogens with one attached hydrogen (secondary N) is 2. The topological polar surface area (TPSA) is 97.8 Å². The summed E-state index contributed by atoms with van der Waals surface area (Å²) in [5, 5.41) is 9.28. The van der Waals surface area contributed by atoms with Gasteiger partial charge in [0.05, 0.1) is 19.8 Å². The van der Waals surface area contributed by atoms with Gasteiger partial charge in [0, 0.05) is 50.1 Å². The predicted molar refractivity (Wildman–Crippen MR) is 143 cm³/mol. The molecule has 2 aromatic carbocycles. The average molecular weight is 506 g/mol. The van der Waals surface area contributed by atoms with E-state index in [-0.39, 0.29) is 12.0 Å². The lowest BCUT2D eigenvalue weighted by Crippen LogP contribution is -2.54. The molecule has 5 rings (SSSR count). The lowest BCUT2D eigenvalue weighted by molar-refractivity contribution is -0.0533. The lowest BCUT2D eigenvalue weighted by atomic mass is 9.99. The summed E-state index contributed by atoms with van der Waals surface area (Å²) in [6.07, 6.45) is 4.28. The zero-order valence-corrected chi connectivity index (χ0v) is 21.7. The second-order valence-corrected chi connectivity index (χ2v) is 9.73. The molecule has 0 saturated carbocycles. The summed E-state index contributed by atoms with van der Waals surface area (Å²) < 4.78 is 16.4. The number of anilines is 2. The molecular weight excluding hydrogens is 470 g/mol. The van der Waals surface area contributed by atoms with Gasteiger partial charge in [-0.05, 0) is 61.2 Å². The van der Waals surface area contributed by atoms with E-state index in [1.54, 1.807) is 14.2 Å². The highest BCUT2D eigenvalue weighted by Crippen LogP contribution is 2.27. The molecule has 2 fully saturated rings. The van der Waals surface area contributed by atoms with Gasteiger partial charge in [0.25, 0.3) is 5.91 Å². The highest BCUT2D eigenvalue weighted by atomic mass is 16.5. The van der Waals surface area contributed by atoms with Gasteiger partial charge in [-0.2, -0.15) is 0 Å². The largest absolute Gasteiger partial charge is 0.497 e. The number of hydrogen-bond acceptors (Lipinski definition) is 8. The fraction of sp³-hybridized carbons (Fsp3) is 0.464. The lowest BCUT2D eigenvalue weighted by Gasteiger charge is -2.38. The summed E-state index contributed by atoms with van der Waals surface area (Å²) in [5.74, 6) is 1.41. The van der Waals surface area contributed by atoms with E-state index in [2.05, 4.69) is 26.7 Å². The number of ether oxygens (including phenoxy) is 3. The molecule has 9 heteroatoms. The van der Waals surface area contributed by atoms with Crippen molar-refractivity contribution in [2.75, 3.05) is 45.8 Å². The van der Waals surface area contributed by atoms with Crippen LogP contribution in [0.15, 0.2) is 42.7 Å². The van der Waals surface area contributed by atoms with Crippen molar-refractivity contribution < 1.29 is 19.0 Å². The van der Waals surface area contributed by atoms with Crippen molar-refractivity contribution in [3.63, 3.8) is 0 Å². The molecule has 3 aromatic rings. The van der Waals surface area contributed by atoms with Crippen LogP contribution in [0, 0.1) is 6.92 Å². The molecule has 2 saturated heterocycles. The first kappa shape index (κ1) is 25.4. The molecule has 0 aliphatic carbocycles. The molecule has 9 nitrogen and oxygen atoms in total. The minimum atomic E-state index is -0.0483. The molecule has 1 aromatic heterocycles. The average Bonchev–Trinajstić information content (AvgIpc) is 2.94. The Morgan fingerprint density at radius 1 is 1.05 bits per heavy atom. The number of likely N-dealkylation sites (tertiary alicyclic amines) is 1. The Morgan fingerprint density at radius 2 is 1.84 bits per heavy atom. The number of benzene rings is 2. The fourth-order valence-corrected chi connectivity index (χ4v) is 5.19. The van der Waals surface area contributed by atoms with E-state index in [9.17, 15) is 4.79 Å². The van der Waals surface area contributed by atoms with Crippen LogP contribution in [0.4, 0.5) is 11.5 Å². The van der Waals surface area contributed by atoms with E-state index in [0.29, 0.717) is 43.3 Å². The monoisotopic (exact) mass is 505 g/mol. The number of methoxy groups -OCH3 is 2. The van der Waals surface area contributed by atoms with Gasteiger partial charge in [-0.3, -0.25) is 4.79 Å². The summed E-state index contributed by atoms with van der Waals surface area (Å²) in [6, 6.07) is 12.7. The molecule has 0 spiro atoms.